The molecule has 19 heavy (non-hydrogen) atoms. The molecule has 0 spiro atoms. The summed E-state index contributed by atoms with van der Waals surface area (Å²) in [6.07, 6.45) is 3.32. The van der Waals surface area contributed by atoms with Gasteiger partial charge < -0.3 is 16.2 Å². The third-order valence-electron chi connectivity index (χ3n) is 1.98. The first-order valence-electron chi connectivity index (χ1n) is 6.17. The fourth-order valence-corrected chi connectivity index (χ4v) is 1.11. The fourth-order valence-electron chi connectivity index (χ4n) is 1.11. The highest BCUT2D eigenvalue weighted by atomic mass is 16.5. The summed E-state index contributed by atoms with van der Waals surface area (Å²) in [5, 5.41) is 0. The number of hydrogen-bond donors (Lipinski definition) is 2. The van der Waals surface area contributed by atoms with Gasteiger partial charge in [0.2, 0.25) is 0 Å². The van der Waals surface area contributed by atoms with Crippen molar-refractivity contribution in [2.75, 3.05) is 5.73 Å². The molecule has 0 aliphatic carbocycles. The first-order valence-corrected chi connectivity index (χ1v) is 6.17. The molecule has 104 valence electrons. The van der Waals surface area contributed by atoms with Gasteiger partial charge in [0.05, 0.1) is 5.56 Å². The maximum absolute atomic E-state index is 11.7. The SMILES string of the molecule is C/C(N)=C\C=C(/C)OC(=O)c1ccc(N)cc1.CC. The molecule has 0 amide bonds. The van der Waals surface area contributed by atoms with Crippen molar-refractivity contribution in [3.05, 3.63) is 53.4 Å². The molecule has 0 bridgehead atoms. The largest absolute Gasteiger partial charge is 0.428 e. The van der Waals surface area contributed by atoms with Crippen LogP contribution in [0.5, 0.6) is 0 Å². The van der Waals surface area contributed by atoms with Crippen LogP contribution in [0.2, 0.25) is 0 Å². The van der Waals surface area contributed by atoms with E-state index in [1.54, 1.807) is 50.3 Å². The van der Waals surface area contributed by atoms with Crippen LogP contribution in [0.3, 0.4) is 0 Å². The van der Waals surface area contributed by atoms with Crippen LogP contribution in [0.4, 0.5) is 5.69 Å². The van der Waals surface area contributed by atoms with Crippen molar-refractivity contribution in [1.82, 2.24) is 0 Å². The fraction of sp³-hybridized carbons (Fsp3) is 0.267. The number of anilines is 1. The molecule has 0 aromatic heterocycles. The first-order chi connectivity index (χ1) is 8.99. The number of carbonyl (C=O) groups is 1. The van der Waals surface area contributed by atoms with Crippen LogP contribution in [-0.2, 0) is 4.74 Å². The van der Waals surface area contributed by atoms with Gasteiger partial charge in [-0.15, -0.1) is 0 Å². The Morgan fingerprint density at radius 3 is 2.11 bits per heavy atom. The molecule has 4 N–H and O–H groups in total. The topological polar surface area (TPSA) is 78.3 Å². The van der Waals surface area contributed by atoms with E-state index in [-0.39, 0.29) is 0 Å². The molecule has 0 aliphatic rings. The van der Waals surface area contributed by atoms with Gasteiger partial charge in [0.25, 0.3) is 0 Å². The summed E-state index contributed by atoms with van der Waals surface area (Å²) >= 11 is 0. The Kier molecular flexibility index (Phi) is 7.77. The zero-order chi connectivity index (χ0) is 14.8. The number of nitrogens with two attached hydrogens (primary N) is 2. The summed E-state index contributed by atoms with van der Waals surface area (Å²) in [6, 6.07) is 6.54. The summed E-state index contributed by atoms with van der Waals surface area (Å²) < 4.78 is 5.11. The lowest BCUT2D eigenvalue weighted by Crippen LogP contribution is -2.03. The molecule has 0 atom stereocenters. The lowest BCUT2D eigenvalue weighted by molar-refractivity contribution is 0.0626. The molecular weight excluding hydrogens is 240 g/mol. The average molecular weight is 262 g/mol. The van der Waals surface area contributed by atoms with Crippen LogP contribution in [0.25, 0.3) is 0 Å². The van der Waals surface area contributed by atoms with Crippen LogP contribution < -0.4 is 11.5 Å². The minimum atomic E-state index is -0.415. The highest BCUT2D eigenvalue weighted by molar-refractivity contribution is 5.90. The van der Waals surface area contributed by atoms with Crippen LogP contribution in [0.15, 0.2) is 47.9 Å². The molecule has 0 unspecified atom stereocenters. The summed E-state index contributed by atoms with van der Waals surface area (Å²) in [5.74, 6) is 0.0680. The second-order valence-corrected chi connectivity index (χ2v) is 3.70. The Morgan fingerprint density at radius 1 is 1.11 bits per heavy atom. The van der Waals surface area contributed by atoms with Crippen molar-refractivity contribution in [1.29, 1.82) is 0 Å². The van der Waals surface area contributed by atoms with Gasteiger partial charge in [0.15, 0.2) is 0 Å². The molecule has 4 nitrogen and oxygen atoms in total. The summed E-state index contributed by atoms with van der Waals surface area (Å²) in [4.78, 5) is 11.7. The summed E-state index contributed by atoms with van der Waals surface area (Å²) in [5.41, 5.74) is 12.7. The Morgan fingerprint density at radius 2 is 1.63 bits per heavy atom. The van der Waals surface area contributed by atoms with E-state index in [0.717, 1.165) is 0 Å². The maximum atomic E-state index is 11.7. The number of esters is 1. The van der Waals surface area contributed by atoms with Gasteiger partial charge in [-0.2, -0.15) is 0 Å². The molecule has 0 saturated carbocycles. The van der Waals surface area contributed by atoms with Crippen LogP contribution >= 0.6 is 0 Å². The molecular formula is C15H22N2O2. The summed E-state index contributed by atoms with van der Waals surface area (Å²) in [7, 11) is 0. The lowest BCUT2D eigenvalue weighted by atomic mass is 10.2. The third-order valence-corrected chi connectivity index (χ3v) is 1.98. The smallest absolute Gasteiger partial charge is 0.343 e. The van der Waals surface area contributed by atoms with Gasteiger partial charge in [-0.3, -0.25) is 0 Å². The van der Waals surface area contributed by atoms with E-state index in [0.29, 0.717) is 22.7 Å². The Labute approximate surface area is 114 Å². The highest BCUT2D eigenvalue weighted by Gasteiger charge is 2.06. The highest BCUT2D eigenvalue weighted by Crippen LogP contribution is 2.09. The van der Waals surface area contributed by atoms with E-state index in [1.807, 2.05) is 13.8 Å². The van der Waals surface area contributed by atoms with Crippen molar-refractivity contribution >= 4 is 11.7 Å². The van der Waals surface area contributed by atoms with Crippen LogP contribution in [0, 0.1) is 0 Å². The monoisotopic (exact) mass is 262 g/mol. The second-order valence-electron chi connectivity index (χ2n) is 3.70. The molecule has 0 heterocycles. The van der Waals surface area contributed by atoms with Gasteiger partial charge in [0.1, 0.15) is 5.76 Å². The molecule has 1 aromatic carbocycles. The number of ether oxygens (including phenoxy) is 1. The first kappa shape index (κ1) is 16.8. The lowest BCUT2D eigenvalue weighted by Gasteiger charge is -2.04. The minimum absolute atomic E-state index is 0.415. The second kappa shape index (κ2) is 8.80. The van der Waals surface area contributed by atoms with Gasteiger partial charge in [0, 0.05) is 11.4 Å². The van der Waals surface area contributed by atoms with Crippen molar-refractivity contribution in [3.63, 3.8) is 0 Å². The van der Waals surface area contributed by atoms with E-state index < -0.39 is 5.97 Å². The number of rotatable bonds is 3. The van der Waals surface area contributed by atoms with E-state index >= 15 is 0 Å². The number of nitrogen functional groups attached to an aromatic ring is 1. The Balaban J connectivity index is 0.00000154. The summed E-state index contributed by atoms with van der Waals surface area (Å²) in [6.45, 7) is 7.44. The molecule has 1 aromatic rings. The van der Waals surface area contributed by atoms with Crippen LogP contribution in [-0.4, -0.2) is 5.97 Å². The van der Waals surface area contributed by atoms with Gasteiger partial charge in [-0.05, 0) is 50.3 Å². The molecule has 0 radical (unpaired) electrons. The Bertz CT molecular complexity index is 456. The molecule has 1 rings (SSSR count). The zero-order valence-electron chi connectivity index (χ0n) is 11.9. The third kappa shape index (κ3) is 6.93. The van der Waals surface area contributed by atoms with Crippen molar-refractivity contribution in [2.24, 2.45) is 5.73 Å². The van der Waals surface area contributed by atoms with Crippen molar-refractivity contribution in [3.8, 4) is 0 Å². The number of benzene rings is 1. The molecule has 0 fully saturated rings. The normalized spacial score (nSPS) is 11.4. The van der Waals surface area contributed by atoms with E-state index in [9.17, 15) is 4.79 Å². The number of carbonyl (C=O) groups excluding carboxylic acids is 1. The van der Waals surface area contributed by atoms with E-state index in [4.69, 9.17) is 16.2 Å². The predicted octanol–water partition coefficient (Wildman–Crippen LogP) is 3.22. The quantitative estimate of drug-likeness (QED) is 0.379. The van der Waals surface area contributed by atoms with Crippen LogP contribution in [0.1, 0.15) is 38.1 Å². The van der Waals surface area contributed by atoms with Gasteiger partial charge in [-0.25, -0.2) is 4.79 Å². The average Bonchev–Trinajstić information content (AvgIpc) is 2.39. The van der Waals surface area contributed by atoms with E-state index in [1.165, 1.54) is 0 Å². The zero-order valence-corrected chi connectivity index (χ0v) is 11.9. The molecule has 0 aliphatic heterocycles. The maximum Gasteiger partial charge on any atom is 0.343 e. The van der Waals surface area contributed by atoms with Crippen molar-refractivity contribution < 1.29 is 9.53 Å². The molecule has 4 heteroatoms. The standard InChI is InChI=1S/C13H16N2O2.C2H6/c1-9(14)3-4-10(2)17-13(16)11-5-7-12(15)8-6-11;1-2/h3-8H,14-15H2,1-2H3;1-2H3/b9-3+,10-4+;. The van der Waals surface area contributed by atoms with E-state index in [2.05, 4.69) is 0 Å². The van der Waals surface area contributed by atoms with Crippen molar-refractivity contribution in [2.45, 2.75) is 27.7 Å². The number of hydrogen-bond acceptors (Lipinski definition) is 4. The van der Waals surface area contributed by atoms with Gasteiger partial charge in [-0.1, -0.05) is 13.8 Å². The predicted molar refractivity (Wildman–Crippen MR) is 79.3 cm³/mol. The number of allylic oxidation sites excluding steroid dienone is 4. The molecule has 0 saturated heterocycles. The van der Waals surface area contributed by atoms with Gasteiger partial charge >= 0.3 is 5.97 Å². The Hall–Kier alpha value is -2.23. The minimum Gasteiger partial charge on any atom is -0.428 e.